The molecule has 25 heavy (non-hydrogen) atoms. The van der Waals surface area contributed by atoms with Crippen LogP contribution in [0, 0.1) is 0 Å². The van der Waals surface area contributed by atoms with Gasteiger partial charge in [0.1, 0.15) is 11.6 Å². The van der Waals surface area contributed by atoms with Gasteiger partial charge in [-0.25, -0.2) is 14.8 Å². The summed E-state index contributed by atoms with van der Waals surface area (Å²) in [5.41, 5.74) is 0.734. The molecule has 0 radical (unpaired) electrons. The van der Waals surface area contributed by atoms with Crippen LogP contribution >= 0.6 is 0 Å². The largest absolute Gasteiger partial charge is 0.480 e. The lowest BCUT2D eigenvalue weighted by molar-refractivity contribution is -0.140. The third-order valence-corrected chi connectivity index (χ3v) is 4.16. The van der Waals surface area contributed by atoms with Crippen molar-refractivity contribution >= 4 is 22.7 Å². The standard InChI is InChI=1S/C17H22N4O4/c1-11(22)15(17(23)24)20-16-12-4-2-3-5-13(12)18-14(19-16)10-21-6-8-25-9-7-21/h2-5,11,15,22H,6-10H2,1H3,(H,23,24)(H,18,19,20). The molecule has 0 saturated carbocycles. The highest BCUT2D eigenvalue weighted by molar-refractivity contribution is 5.91. The first-order valence-corrected chi connectivity index (χ1v) is 8.28. The molecular formula is C17H22N4O4. The SMILES string of the molecule is CC(O)C(Nc1nc(CN2CCOCC2)nc2ccccc12)C(=O)O. The number of fused-ring (bicyclic) bond motifs is 1. The molecule has 8 heteroatoms. The van der Waals surface area contributed by atoms with E-state index in [-0.39, 0.29) is 0 Å². The number of aliphatic hydroxyl groups excluding tert-OH is 1. The number of hydrogen-bond acceptors (Lipinski definition) is 7. The number of carbonyl (C=O) groups is 1. The molecular weight excluding hydrogens is 324 g/mol. The van der Waals surface area contributed by atoms with Crippen molar-refractivity contribution in [2.75, 3.05) is 31.6 Å². The number of aliphatic hydroxyl groups is 1. The maximum atomic E-state index is 11.4. The van der Waals surface area contributed by atoms with Gasteiger partial charge in [0.15, 0.2) is 6.04 Å². The zero-order chi connectivity index (χ0) is 17.8. The predicted octanol–water partition coefficient (Wildman–Crippen LogP) is 0.708. The lowest BCUT2D eigenvalue weighted by Gasteiger charge is -2.26. The van der Waals surface area contributed by atoms with Crippen molar-refractivity contribution in [3.63, 3.8) is 0 Å². The monoisotopic (exact) mass is 346 g/mol. The second kappa shape index (κ2) is 7.73. The van der Waals surface area contributed by atoms with Gasteiger partial charge in [-0.3, -0.25) is 4.90 Å². The lowest BCUT2D eigenvalue weighted by atomic mass is 10.1. The van der Waals surface area contributed by atoms with Gasteiger partial charge in [-0.15, -0.1) is 0 Å². The number of ether oxygens (including phenoxy) is 1. The quantitative estimate of drug-likeness (QED) is 0.702. The van der Waals surface area contributed by atoms with E-state index in [9.17, 15) is 15.0 Å². The van der Waals surface area contributed by atoms with E-state index in [1.54, 1.807) is 0 Å². The second-order valence-electron chi connectivity index (χ2n) is 6.09. The first kappa shape index (κ1) is 17.5. The van der Waals surface area contributed by atoms with E-state index in [4.69, 9.17) is 4.74 Å². The van der Waals surface area contributed by atoms with Gasteiger partial charge in [0.2, 0.25) is 0 Å². The first-order chi connectivity index (χ1) is 12.0. The van der Waals surface area contributed by atoms with Gasteiger partial charge < -0.3 is 20.3 Å². The van der Waals surface area contributed by atoms with E-state index in [0.717, 1.165) is 24.0 Å². The molecule has 1 aliphatic rings. The minimum absolute atomic E-state index is 0.419. The number of benzene rings is 1. The summed E-state index contributed by atoms with van der Waals surface area (Å²) in [7, 11) is 0. The second-order valence-corrected chi connectivity index (χ2v) is 6.09. The van der Waals surface area contributed by atoms with E-state index < -0.39 is 18.1 Å². The molecule has 0 aliphatic carbocycles. The fraction of sp³-hybridized carbons (Fsp3) is 0.471. The molecule has 2 aromatic rings. The number of nitrogens with one attached hydrogen (secondary N) is 1. The third kappa shape index (κ3) is 4.22. The van der Waals surface area contributed by atoms with E-state index in [1.807, 2.05) is 24.3 Å². The van der Waals surface area contributed by atoms with Crippen LogP contribution in [0.25, 0.3) is 10.9 Å². The summed E-state index contributed by atoms with van der Waals surface area (Å²) in [6, 6.07) is 6.27. The molecule has 1 aromatic heterocycles. The first-order valence-electron chi connectivity index (χ1n) is 8.28. The van der Waals surface area contributed by atoms with Gasteiger partial charge in [0, 0.05) is 18.5 Å². The van der Waals surface area contributed by atoms with E-state index in [0.29, 0.717) is 31.4 Å². The Hall–Kier alpha value is -2.29. The maximum absolute atomic E-state index is 11.4. The molecule has 1 fully saturated rings. The molecule has 1 saturated heterocycles. The van der Waals surface area contributed by atoms with Crippen LogP contribution in [0.4, 0.5) is 5.82 Å². The molecule has 0 spiro atoms. The van der Waals surface area contributed by atoms with Crippen LogP contribution in [-0.4, -0.2) is 69.5 Å². The Balaban J connectivity index is 1.93. The van der Waals surface area contributed by atoms with Crippen LogP contribution < -0.4 is 5.32 Å². The number of aromatic nitrogens is 2. The van der Waals surface area contributed by atoms with Crippen molar-refractivity contribution in [2.24, 2.45) is 0 Å². The molecule has 1 aliphatic heterocycles. The topological polar surface area (TPSA) is 108 Å². The van der Waals surface area contributed by atoms with Crippen LogP contribution in [0.1, 0.15) is 12.7 Å². The number of carboxylic acids is 1. The maximum Gasteiger partial charge on any atom is 0.328 e. The molecule has 3 N–H and O–H groups in total. The molecule has 2 heterocycles. The zero-order valence-electron chi connectivity index (χ0n) is 14.1. The van der Waals surface area contributed by atoms with E-state index >= 15 is 0 Å². The molecule has 0 amide bonds. The molecule has 134 valence electrons. The normalized spacial score (nSPS) is 18.0. The number of para-hydroxylation sites is 1. The highest BCUT2D eigenvalue weighted by atomic mass is 16.5. The highest BCUT2D eigenvalue weighted by Gasteiger charge is 2.24. The van der Waals surface area contributed by atoms with Crippen molar-refractivity contribution < 1.29 is 19.7 Å². The van der Waals surface area contributed by atoms with Gasteiger partial charge in [-0.05, 0) is 19.1 Å². The summed E-state index contributed by atoms with van der Waals surface area (Å²) in [5.74, 6) is -0.104. The Morgan fingerprint density at radius 2 is 2.04 bits per heavy atom. The van der Waals surface area contributed by atoms with Crippen LogP contribution in [0.15, 0.2) is 24.3 Å². The van der Waals surface area contributed by atoms with Crippen molar-refractivity contribution in [1.82, 2.24) is 14.9 Å². The van der Waals surface area contributed by atoms with Crippen LogP contribution in [0.3, 0.4) is 0 Å². The Bertz CT molecular complexity index is 747. The van der Waals surface area contributed by atoms with E-state index in [2.05, 4.69) is 20.2 Å². The summed E-state index contributed by atoms with van der Waals surface area (Å²) >= 11 is 0. The van der Waals surface area contributed by atoms with Gasteiger partial charge in [0.05, 0.1) is 31.4 Å². The van der Waals surface area contributed by atoms with Gasteiger partial charge in [-0.1, -0.05) is 12.1 Å². The number of anilines is 1. The van der Waals surface area contributed by atoms with Crippen LogP contribution in [-0.2, 0) is 16.1 Å². The van der Waals surface area contributed by atoms with E-state index in [1.165, 1.54) is 6.92 Å². The molecule has 2 unspecified atom stereocenters. The Labute approximate surface area is 145 Å². The number of nitrogens with zero attached hydrogens (tertiary/aromatic N) is 3. The van der Waals surface area contributed by atoms with Gasteiger partial charge >= 0.3 is 5.97 Å². The average molecular weight is 346 g/mol. The van der Waals surface area contributed by atoms with Crippen molar-refractivity contribution in [1.29, 1.82) is 0 Å². The zero-order valence-corrected chi connectivity index (χ0v) is 14.1. The third-order valence-electron chi connectivity index (χ3n) is 4.16. The predicted molar refractivity (Wildman–Crippen MR) is 92.4 cm³/mol. The minimum atomic E-state index is -1.14. The Morgan fingerprint density at radius 1 is 1.32 bits per heavy atom. The Morgan fingerprint density at radius 3 is 2.72 bits per heavy atom. The fourth-order valence-corrected chi connectivity index (χ4v) is 2.80. The number of morpholine rings is 1. The van der Waals surface area contributed by atoms with Crippen LogP contribution in [0.5, 0.6) is 0 Å². The average Bonchev–Trinajstić information content (AvgIpc) is 2.59. The molecule has 8 nitrogen and oxygen atoms in total. The number of aliphatic carboxylic acids is 1. The summed E-state index contributed by atoms with van der Waals surface area (Å²) in [4.78, 5) is 22.7. The van der Waals surface area contributed by atoms with Crippen LogP contribution in [0.2, 0.25) is 0 Å². The number of rotatable bonds is 6. The molecule has 1 aromatic carbocycles. The van der Waals surface area contributed by atoms with Crippen molar-refractivity contribution in [3.05, 3.63) is 30.1 Å². The molecule has 3 rings (SSSR count). The summed E-state index contributed by atoms with van der Waals surface area (Å²) in [6.07, 6.45) is -1.06. The van der Waals surface area contributed by atoms with Gasteiger partial charge in [-0.2, -0.15) is 0 Å². The Kier molecular flexibility index (Phi) is 5.42. The van der Waals surface area contributed by atoms with Gasteiger partial charge in [0.25, 0.3) is 0 Å². The van der Waals surface area contributed by atoms with Crippen molar-refractivity contribution in [2.45, 2.75) is 25.6 Å². The number of carboxylic acid groups (broad SMARTS) is 1. The summed E-state index contributed by atoms with van der Waals surface area (Å²) < 4.78 is 5.35. The molecule has 0 bridgehead atoms. The number of hydrogen-bond donors (Lipinski definition) is 3. The highest BCUT2D eigenvalue weighted by Crippen LogP contribution is 2.22. The summed E-state index contributed by atoms with van der Waals surface area (Å²) in [5, 5.41) is 22.6. The summed E-state index contributed by atoms with van der Waals surface area (Å²) in [6.45, 7) is 4.98. The molecule has 2 atom stereocenters. The lowest BCUT2D eigenvalue weighted by Crippen LogP contribution is -2.39. The smallest absolute Gasteiger partial charge is 0.328 e. The fourth-order valence-electron chi connectivity index (χ4n) is 2.80. The minimum Gasteiger partial charge on any atom is -0.480 e. The van der Waals surface area contributed by atoms with Crippen molar-refractivity contribution in [3.8, 4) is 0 Å².